The highest BCUT2D eigenvalue weighted by Crippen LogP contribution is 2.24. The highest BCUT2D eigenvalue weighted by Gasteiger charge is 2.13. The zero-order valence-corrected chi connectivity index (χ0v) is 11.4. The maximum Gasteiger partial charge on any atom is 0.0637 e. The third kappa shape index (κ3) is 3.09. The Hall–Kier alpha value is -1.38. The second-order valence-electron chi connectivity index (χ2n) is 4.43. The summed E-state index contributed by atoms with van der Waals surface area (Å²) in [5, 5.41) is 4.03. The molecule has 1 atom stereocenters. The molecule has 2 rings (SSSR count). The maximum absolute atomic E-state index is 6.19. The van der Waals surface area contributed by atoms with Gasteiger partial charge in [0.15, 0.2) is 0 Å². The van der Waals surface area contributed by atoms with Crippen LogP contribution in [0.3, 0.4) is 0 Å². The Balaban J connectivity index is 2.23. The van der Waals surface area contributed by atoms with Crippen molar-refractivity contribution in [3.63, 3.8) is 0 Å². The fourth-order valence-electron chi connectivity index (χ4n) is 2.11. The maximum atomic E-state index is 6.19. The van der Waals surface area contributed by atoms with Gasteiger partial charge in [0.1, 0.15) is 0 Å². The van der Waals surface area contributed by atoms with Crippen molar-refractivity contribution in [3.8, 4) is 0 Å². The Morgan fingerprint density at radius 3 is 2.83 bits per heavy atom. The Morgan fingerprint density at radius 1 is 1.33 bits per heavy atom. The monoisotopic (exact) mass is 260 g/mol. The summed E-state index contributed by atoms with van der Waals surface area (Å²) >= 11 is 6.19. The molecule has 0 radical (unpaired) electrons. The van der Waals surface area contributed by atoms with Crippen molar-refractivity contribution < 1.29 is 0 Å². The van der Waals surface area contributed by atoms with Gasteiger partial charge in [0.2, 0.25) is 0 Å². The van der Waals surface area contributed by atoms with Gasteiger partial charge in [-0.05, 0) is 37.6 Å². The summed E-state index contributed by atoms with van der Waals surface area (Å²) in [7, 11) is 1.96. The van der Waals surface area contributed by atoms with Crippen LogP contribution in [0.1, 0.15) is 22.7 Å². The van der Waals surface area contributed by atoms with Crippen LogP contribution < -0.4 is 5.32 Å². The first kappa shape index (κ1) is 13.1. The van der Waals surface area contributed by atoms with Crippen LogP contribution in [0.2, 0.25) is 5.02 Å². The lowest BCUT2D eigenvalue weighted by atomic mass is 9.99. The summed E-state index contributed by atoms with van der Waals surface area (Å²) in [6.07, 6.45) is 4.39. The van der Waals surface area contributed by atoms with Gasteiger partial charge in [0.25, 0.3) is 0 Å². The van der Waals surface area contributed by atoms with E-state index in [2.05, 4.69) is 41.5 Å². The van der Waals surface area contributed by atoms with Crippen molar-refractivity contribution in [3.05, 3.63) is 64.4 Å². The van der Waals surface area contributed by atoms with E-state index in [1.165, 1.54) is 11.1 Å². The fourth-order valence-corrected chi connectivity index (χ4v) is 2.36. The molecule has 1 unspecified atom stereocenters. The van der Waals surface area contributed by atoms with Gasteiger partial charge in [0, 0.05) is 18.4 Å². The highest BCUT2D eigenvalue weighted by atomic mass is 35.5. The molecule has 3 heteroatoms. The number of likely N-dealkylation sites (N-methyl/N-ethyl adjacent to an activating group) is 1. The summed E-state index contributed by atoms with van der Waals surface area (Å²) in [5.41, 5.74) is 3.68. The molecule has 94 valence electrons. The van der Waals surface area contributed by atoms with Gasteiger partial charge in [-0.3, -0.25) is 4.98 Å². The minimum Gasteiger partial charge on any atom is -0.313 e. The molecule has 0 saturated carbocycles. The lowest BCUT2D eigenvalue weighted by Crippen LogP contribution is -2.19. The Labute approximate surface area is 113 Å². The SMILES string of the molecule is CNC(Cc1cccc(C)c1)c1ccncc1Cl. The van der Waals surface area contributed by atoms with Gasteiger partial charge < -0.3 is 5.32 Å². The number of aryl methyl sites for hydroxylation is 1. The lowest BCUT2D eigenvalue weighted by Gasteiger charge is -2.18. The van der Waals surface area contributed by atoms with E-state index in [1.807, 2.05) is 13.1 Å². The summed E-state index contributed by atoms with van der Waals surface area (Å²) in [6.45, 7) is 2.11. The van der Waals surface area contributed by atoms with Crippen molar-refractivity contribution in [1.82, 2.24) is 10.3 Å². The molecule has 1 N–H and O–H groups in total. The molecule has 1 aromatic heterocycles. The first-order valence-electron chi connectivity index (χ1n) is 6.03. The van der Waals surface area contributed by atoms with Crippen molar-refractivity contribution >= 4 is 11.6 Å². The van der Waals surface area contributed by atoms with Gasteiger partial charge >= 0.3 is 0 Å². The fraction of sp³-hybridized carbons (Fsp3) is 0.267. The highest BCUT2D eigenvalue weighted by molar-refractivity contribution is 6.31. The molecule has 0 amide bonds. The molecule has 0 spiro atoms. The Kier molecular flexibility index (Phi) is 4.34. The summed E-state index contributed by atoms with van der Waals surface area (Å²) in [6, 6.07) is 10.7. The number of benzene rings is 1. The van der Waals surface area contributed by atoms with Crippen molar-refractivity contribution in [2.24, 2.45) is 0 Å². The smallest absolute Gasteiger partial charge is 0.0637 e. The predicted octanol–water partition coefficient (Wildman–Crippen LogP) is 3.55. The van der Waals surface area contributed by atoms with Crippen LogP contribution in [0.4, 0.5) is 0 Å². The average Bonchev–Trinajstić information content (AvgIpc) is 2.37. The molecule has 0 saturated heterocycles. The van der Waals surface area contributed by atoms with Crippen LogP contribution in [-0.4, -0.2) is 12.0 Å². The second kappa shape index (κ2) is 5.98. The summed E-state index contributed by atoms with van der Waals surface area (Å²) in [5.74, 6) is 0. The molecule has 2 nitrogen and oxygen atoms in total. The molecule has 2 aromatic rings. The van der Waals surface area contributed by atoms with E-state index in [0.29, 0.717) is 5.02 Å². The number of aromatic nitrogens is 1. The molecule has 1 aromatic carbocycles. The first-order valence-corrected chi connectivity index (χ1v) is 6.40. The molecule has 0 aliphatic carbocycles. The molecule has 18 heavy (non-hydrogen) atoms. The molecule has 0 aliphatic rings. The molecule has 0 aliphatic heterocycles. The van der Waals surface area contributed by atoms with Gasteiger partial charge in [0.05, 0.1) is 5.02 Å². The number of rotatable bonds is 4. The van der Waals surface area contributed by atoms with Crippen LogP contribution in [0.15, 0.2) is 42.7 Å². The number of pyridine rings is 1. The average molecular weight is 261 g/mol. The topological polar surface area (TPSA) is 24.9 Å². The van der Waals surface area contributed by atoms with Gasteiger partial charge in [-0.1, -0.05) is 41.4 Å². The predicted molar refractivity (Wildman–Crippen MR) is 75.9 cm³/mol. The number of nitrogens with one attached hydrogen (secondary N) is 1. The van der Waals surface area contributed by atoms with E-state index in [0.717, 1.165) is 12.0 Å². The normalized spacial score (nSPS) is 12.4. The summed E-state index contributed by atoms with van der Waals surface area (Å²) in [4.78, 5) is 4.02. The molecule has 0 fully saturated rings. The van der Waals surface area contributed by atoms with Crippen molar-refractivity contribution in [2.75, 3.05) is 7.05 Å². The molecule has 0 bridgehead atoms. The molecular formula is C15H17ClN2. The number of nitrogens with zero attached hydrogens (tertiary/aromatic N) is 1. The summed E-state index contributed by atoms with van der Waals surface area (Å²) < 4.78 is 0. The van der Waals surface area contributed by atoms with E-state index in [9.17, 15) is 0 Å². The van der Waals surface area contributed by atoms with Crippen molar-refractivity contribution in [2.45, 2.75) is 19.4 Å². The standard InChI is InChI=1S/C15H17ClN2/c1-11-4-3-5-12(8-11)9-15(17-2)13-6-7-18-10-14(13)16/h3-8,10,15,17H,9H2,1-2H3. The second-order valence-corrected chi connectivity index (χ2v) is 4.84. The molecule has 1 heterocycles. The minimum absolute atomic E-state index is 0.210. The van der Waals surface area contributed by atoms with Crippen molar-refractivity contribution in [1.29, 1.82) is 0 Å². The Morgan fingerprint density at radius 2 is 2.17 bits per heavy atom. The van der Waals surface area contributed by atoms with Crippen LogP contribution >= 0.6 is 11.6 Å². The van der Waals surface area contributed by atoms with Crippen LogP contribution in [0.5, 0.6) is 0 Å². The number of hydrogen-bond acceptors (Lipinski definition) is 2. The first-order chi connectivity index (χ1) is 8.70. The lowest BCUT2D eigenvalue weighted by molar-refractivity contribution is 0.591. The zero-order valence-electron chi connectivity index (χ0n) is 10.7. The van der Waals surface area contributed by atoms with Gasteiger partial charge in [-0.2, -0.15) is 0 Å². The van der Waals surface area contributed by atoms with Crippen LogP contribution in [0.25, 0.3) is 0 Å². The Bertz CT molecular complexity index is 525. The third-order valence-electron chi connectivity index (χ3n) is 3.05. The largest absolute Gasteiger partial charge is 0.313 e. The van der Waals surface area contributed by atoms with Gasteiger partial charge in [-0.25, -0.2) is 0 Å². The zero-order chi connectivity index (χ0) is 13.0. The van der Waals surface area contributed by atoms with E-state index in [-0.39, 0.29) is 6.04 Å². The van der Waals surface area contributed by atoms with Gasteiger partial charge in [-0.15, -0.1) is 0 Å². The van der Waals surface area contributed by atoms with E-state index >= 15 is 0 Å². The number of hydrogen-bond donors (Lipinski definition) is 1. The van der Waals surface area contributed by atoms with E-state index in [4.69, 9.17) is 11.6 Å². The third-order valence-corrected chi connectivity index (χ3v) is 3.37. The molecular weight excluding hydrogens is 244 g/mol. The minimum atomic E-state index is 0.210. The van der Waals surface area contributed by atoms with E-state index < -0.39 is 0 Å². The number of halogens is 1. The van der Waals surface area contributed by atoms with E-state index in [1.54, 1.807) is 12.4 Å². The van der Waals surface area contributed by atoms with Crippen LogP contribution in [-0.2, 0) is 6.42 Å². The quantitative estimate of drug-likeness (QED) is 0.910. The van der Waals surface area contributed by atoms with Crippen LogP contribution in [0, 0.1) is 6.92 Å².